The maximum absolute atomic E-state index is 13.6. The predicted molar refractivity (Wildman–Crippen MR) is 399 cm³/mol. The Morgan fingerprint density at radius 1 is 0.366 bits per heavy atom. The molecule has 34 heteroatoms. The van der Waals surface area contributed by atoms with Crippen LogP contribution in [0.2, 0.25) is 0 Å². The molecule has 656 valence electrons. The van der Waals surface area contributed by atoms with Gasteiger partial charge in [-0.3, -0.25) is 9.59 Å². The van der Waals surface area contributed by atoms with Crippen LogP contribution in [-0.2, 0) is 66.4 Å². The molecule has 0 aliphatic carbocycles. The van der Waals surface area contributed by atoms with Crippen molar-refractivity contribution >= 4 is 11.8 Å². The number of allylic oxidation sites excluding steroid dienone is 1. The number of amides is 2. The summed E-state index contributed by atoms with van der Waals surface area (Å²) in [7, 11) is 0. The van der Waals surface area contributed by atoms with E-state index in [0.717, 1.165) is 58.3 Å². The highest BCUT2D eigenvalue weighted by Gasteiger charge is 2.59. The standard InChI is InChI=1S/C78H142N2O32/c1-5-7-9-11-13-15-17-19-20-21-22-23-24-26-28-30-32-34-36-38-54(88)80-47(48(87)37-35-33-31-29-27-25-18-16-14-12-10-8-6-2)44-101-74-66(99)62(95)69(52(42-84)106-74)109-77-67(100)63(96)68(53(43-85)107-77)108-73-55(79-46(4)86)70(58(91)50(40-82)103-73)110-78-72(112-75-64(97)60(93)56(89)45(3)102-75)71(59(92)51(41-83)105-78)111-76-65(98)61(94)57(90)49(39-81)104-76/h35,37,45,47-53,55-78,81-85,87,89-100H,5-34,36,38-44H2,1-4H3,(H,79,86)(H,80,88)/b37-35+/t45?,47-,48+,49?,50?,51?,52?,53?,55?,56+,57-,58-,59-,60?,61-,62+,63+,64-,65?,66?,67?,68-,69+,70+,71-,72?,73-,74+,75+,76+,77-,78-/m0/s1. The third-order valence-corrected chi connectivity index (χ3v) is 22.3. The molecule has 6 fully saturated rings. The molecule has 0 aromatic heterocycles. The fraction of sp³-hybridized carbons (Fsp3) is 0.949. The summed E-state index contributed by atoms with van der Waals surface area (Å²) in [5.41, 5.74) is 0. The first kappa shape index (κ1) is 98.3. The third-order valence-electron chi connectivity index (χ3n) is 22.3. The van der Waals surface area contributed by atoms with Crippen molar-refractivity contribution in [1.29, 1.82) is 0 Å². The average Bonchev–Trinajstić information content (AvgIpc) is 0.760. The maximum Gasteiger partial charge on any atom is 0.220 e. The third kappa shape index (κ3) is 30.3. The first-order valence-corrected chi connectivity index (χ1v) is 41.8. The van der Waals surface area contributed by atoms with Crippen molar-refractivity contribution in [3.05, 3.63) is 12.2 Å². The van der Waals surface area contributed by atoms with Crippen molar-refractivity contribution < 1.29 is 158 Å². The minimum Gasteiger partial charge on any atom is -0.394 e. The van der Waals surface area contributed by atoms with Crippen molar-refractivity contribution in [2.45, 2.75) is 429 Å². The van der Waals surface area contributed by atoms with Crippen LogP contribution >= 0.6 is 0 Å². The number of carbonyl (C=O) groups is 2. The number of aliphatic hydroxyl groups excluding tert-OH is 18. The van der Waals surface area contributed by atoms with Gasteiger partial charge in [-0.05, 0) is 26.2 Å². The van der Waals surface area contributed by atoms with E-state index in [1.165, 1.54) is 142 Å². The van der Waals surface area contributed by atoms with E-state index in [2.05, 4.69) is 24.5 Å². The van der Waals surface area contributed by atoms with Gasteiger partial charge in [-0.2, -0.15) is 0 Å². The summed E-state index contributed by atoms with van der Waals surface area (Å²) >= 11 is 0. The molecule has 112 heavy (non-hydrogen) atoms. The molecule has 0 radical (unpaired) electrons. The van der Waals surface area contributed by atoms with Crippen LogP contribution in [0.15, 0.2) is 12.2 Å². The number of rotatable bonds is 54. The van der Waals surface area contributed by atoms with Gasteiger partial charge < -0.3 is 159 Å². The molecular formula is C78H142N2O32. The molecule has 6 aliphatic rings. The summed E-state index contributed by atoms with van der Waals surface area (Å²) in [4.78, 5) is 26.8. The zero-order valence-electron chi connectivity index (χ0n) is 66.3. The van der Waals surface area contributed by atoms with E-state index in [-0.39, 0.29) is 12.3 Å². The molecule has 0 saturated carbocycles. The Hall–Kier alpha value is -2.52. The second-order valence-corrected chi connectivity index (χ2v) is 31.3. The van der Waals surface area contributed by atoms with E-state index in [4.69, 9.17) is 56.8 Å². The molecule has 6 aliphatic heterocycles. The molecule has 34 nitrogen and oxygen atoms in total. The Kier molecular flexibility index (Phi) is 46.7. The molecular weight excluding hydrogens is 1480 g/mol. The molecule has 6 heterocycles. The van der Waals surface area contributed by atoms with Crippen molar-refractivity contribution in [3.63, 3.8) is 0 Å². The second kappa shape index (κ2) is 53.2. The molecule has 20 N–H and O–H groups in total. The Bertz CT molecular complexity index is 2520. The molecule has 0 spiro atoms. The van der Waals surface area contributed by atoms with Gasteiger partial charge in [0.2, 0.25) is 11.8 Å². The Labute approximate surface area is 659 Å². The summed E-state index contributed by atoms with van der Waals surface area (Å²) in [6, 6.07) is -2.92. The summed E-state index contributed by atoms with van der Waals surface area (Å²) < 4.78 is 71.8. The first-order chi connectivity index (χ1) is 53.9. The lowest BCUT2D eigenvalue weighted by Crippen LogP contribution is -2.71. The van der Waals surface area contributed by atoms with E-state index < -0.39 is 242 Å². The van der Waals surface area contributed by atoms with E-state index in [9.17, 15) is 102 Å². The fourth-order valence-corrected chi connectivity index (χ4v) is 15.3. The van der Waals surface area contributed by atoms with Gasteiger partial charge in [-0.1, -0.05) is 206 Å². The van der Waals surface area contributed by atoms with Gasteiger partial charge in [0.15, 0.2) is 37.7 Å². The van der Waals surface area contributed by atoms with Crippen LogP contribution in [-0.4, -0.2) is 340 Å². The van der Waals surface area contributed by atoms with Crippen molar-refractivity contribution in [3.8, 4) is 0 Å². The number of aliphatic hydroxyl groups is 18. The molecule has 12 unspecified atom stereocenters. The largest absolute Gasteiger partial charge is 0.394 e. The van der Waals surface area contributed by atoms with Crippen LogP contribution in [0.3, 0.4) is 0 Å². The van der Waals surface area contributed by atoms with Gasteiger partial charge in [-0.25, -0.2) is 0 Å². The molecule has 32 atom stereocenters. The number of nitrogens with one attached hydrogen (secondary N) is 2. The lowest BCUT2D eigenvalue weighted by molar-refractivity contribution is -0.404. The van der Waals surface area contributed by atoms with E-state index >= 15 is 0 Å². The van der Waals surface area contributed by atoms with Crippen molar-refractivity contribution in [1.82, 2.24) is 10.6 Å². The minimum absolute atomic E-state index is 0.181. The zero-order valence-corrected chi connectivity index (χ0v) is 66.3. The average molecular weight is 1620 g/mol. The normalized spacial score (nSPS) is 37.3. The van der Waals surface area contributed by atoms with Gasteiger partial charge in [0.25, 0.3) is 0 Å². The summed E-state index contributed by atoms with van der Waals surface area (Å²) in [6.07, 6.45) is -17.1. The van der Waals surface area contributed by atoms with Crippen LogP contribution < -0.4 is 10.6 Å². The zero-order chi connectivity index (χ0) is 81.8. The lowest BCUT2D eigenvalue weighted by atomic mass is 9.94. The number of ether oxygens (including phenoxy) is 12. The summed E-state index contributed by atoms with van der Waals surface area (Å²) in [6.45, 7) is 1.28. The molecule has 2 amide bonds. The number of hydrogen-bond acceptors (Lipinski definition) is 32. The van der Waals surface area contributed by atoms with E-state index in [1.807, 2.05) is 6.08 Å². The number of carbonyl (C=O) groups excluding carboxylic acids is 2. The van der Waals surface area contributed by atoms with Crippen molar-refractivity contribution in [2.75, 3.05) is 39.6 Å². The van der Waals surface area contributed by atoms with Gasteiger partial charge in [0.05, 0.1) is 57.9 Å². The highest BCUT2D eigenvalue weighted by molar-refractivity contribution is 5.76. The van der Waals surface area contributed by atoms with Crippen LogP contribution in [0.4, 0.5) is 0 Å². The van der Waals surface area contributed by atoms with Crippen LogP contribution in [0.1, 0.15) is 233 Å². The maximum atomic E-state index is 13.6. The highest BCUT2D eigenvalue weighted by atomic mass is 16.8. The Morgan fingerprint density at radius 3 is 1.19 bits per heavy atom. The Morgan fingerprint density at radius 2 is 0.714 bits per heavy atom. The SMILES string of the molecule is CCCCCCCCCCCCC/C=C/[C@@H](O)[C@H](CO[C@@H]1OC(CO)[C@@H](O[C@@H]2OC(CO)[C@H](O[C@@H]3OC(CO)[C@H](O)[C@H](O[C@@H]4OC(CO)[C@H](O)[C@H](O[C@H]5OC(CO)[C@H](O)[C@H](O)C5O)C4O[C@H]4OC(C)[C@@H](O)C(O)[C@@H]4O)C3NC(C)=O)[C@H](O)C2O)[C@H](O)C1O)NC(=O)CCCCCCCCCCCCCCCCCCCCC. The monoisotopic (exact) mass is 1620 g/mol. The van der Waals surface area contributed by atoms with Gasteiger partial charge >= 0.3 is 0 Å². The van der Waals surface area contributed by atoms with Crippen LogP contribution in [0.5, 0.6) is 0 Å². The quantitative estimate of drug-likeness (QED) is 0.0282. The van der Waals surface area contributed by atoms with Gasteiger partial charge in [-0.15, -0.1) is 0 Å². The number of hydrogen-bond donors (Lipinski definition) is 20. The van der Waals surface area contributed by atoms with E-state index in [1.54, 1.807) is 6.08 Å². The van der Waals surface area contributed by atoms with Crippen LogP contribution in [0.25, 0.3) is 0 Å². The summed E-state index contributed by atoms with van der Waals surface area (Å²) in [5.74, 6) is -1.22. The topological polar surface area (TPSA) is 533 Å². The first-order valence-electron chi connectivity index (χ1n) is 41.8. The minimum atomic E-state index is -2.22. The molecule has 0 bridgehead atoms. The van der Waals surface area contributed by atoms with Gasteiger partial charge in [0, 0.05) is 13.3 Å². The van der Waals surface area contributed by atoms with Crippen molar-refractivity contribution in [2.24, 2.45) is 0 Å². The summed E-state index contributed by atoms with van der Waals surface area (Å²) in [5, 5.41) is 205. The molecule has 0 aromatic carbocycles. The van der Waals surface area contributed by atoms with E-state index in [0.29, 0.717) is 12.8 Å². The van der Waals surface area contributed by atoms with Crippen LogP contribution in [0, 0.1) is 0 Å². The molecule has 6 rings (SSSR count). The highest BCUT2D eigenvalue weighted by Crippen LogP contribution is 2.39. The molecule has 0 aromatic rings. The number of unbranched alkanes of at least 4 members (excludes halogenated alkanes) is 29. The predicted octanol–water partition coefficient (Wildman–Crippen LogP) is 0.0202. The Balaban J connectivity index is 1.09. The second-order valence-electron chi connectivity index (χ2n) is 31.3. The molecule has 6 saturated heterocycles. The smallest absolute Gasteiger partial charge is 0.220 e. The fourth-order valence-electron chi connectivity index (χ4n) is 15.3. The lowest BCUT2D eigenvalue weighted by Gasteiger charge is -2.51. The van der Waals surface area contributed by atoms with Gasteiger partial charge in [0.1, 0.15) is 140 Å².